The normalized spacial score (nSPS) is 18.8. The summed E-state index contributed by atoms with van der Waals surface area (Å²) in [5.74, 6) is 1.85. The largest absolute Gasteiger partial charge is 0.378 e. The van der Waals surface area contributed by atoms with Gasteiger partial charge < -0.3 is 14.2 Å². The first-order valence-corrected chi connectivity index (χ1v) is 8.58. The maximum Gasteiger partial charge on any atom is 0.276 e. The molecule has 2 aromatic heterocycles. The molecule has 1 aliphatic carbocycles. The minimum Gasteiger partial charge on any atom is -0.378 e. The molecule has 0 radical (unpaired) electrons. The van der Waals surface area contributed by atoms with Crippen LogP contribution in [0, 0.1) is 0 Å². The van der Waals surface area contributed by atoms with Crippen LogP contribution in [0.2, 0.25) is 0 Å². The van der Waals surface area contributed by atoms with Gasteiger partial charge in [0.15, 0.2) is 5.82 Å². The number of aromatic nitrogens is 3. The van der Waals surface area contributed by atoms with Gasteiger partial charge >= 0.3 is 0 Å². The number of hydrogen-bond acceptors (Lipinski definition) is 6. The van der Waals surface area contributed by atoms with E-state index in [4.69, 9.17) is 9.26 Å². The average molecular weight is 328 g/mol. The zero-order chi connectivity index (χ0) is 16.9. The summed E-state index contributed by atoms with van der Waals surface area (Å²) in [7, 11) is 1.77. The third-order valence-corrected chi connectivity index (χ3v) is 4.77. The van der Waals surface area contributed by atoms with Gasteiger partial charge in [0, 0.05) is 37.5 Å². The van der Waals surface area contributed by atoms with Crippen molar-refractivity contribution < 1.29 is 9.26 Å². The smallest absolute Gasteiger partial charge is 0.276 e. The molecule has 1 aliphatic heterocycles. The average Bonchev–Trinajstić information content (AvgIpc) is 3.20. The molecule has 128 valence electrons. The van der Waals surface area contributed by atoms with Crippen molar-refractivity contribution in [3.63, 3.8) is 0 Å². The van der Waals surface area contributed by atoms with Crippen LogP contribution in [-0.4, -0.2) is 41.4 Å². The van der Waals surface area contributed by atoms with Crippen LogP contribution >= 0.6 is 0 Å². The minimum atomic E-state index is -0.137. The summed E-state index contributed by atoms with van der Waals surface area (Å²) in [5.41, 5.74) is 3.19. The van der Waals surface area contributed by atoms with Gasteiger partial charge in [-0.15, -0.1) is 0 Å². The van der Waals surface area contributed by atoms with Crippen molar-refractivity contribution in [1.29, 1.82) is 0 Å². The van der Waals surface area contributed by atoms with E-state index in [-0.39, 0.29) is 5.41 Å². The fourth-order valence-electron chi connectivity index (χ4n) is 2.97. The van der Waals surface area contributed by atoms with Crippen LogP contribution in [0.25, 0.3) is 11.6 Å². The topological polar surface area (TPSA) is 64.3 Å². The second kappa shape index (κ2) is 5.55. The molecule has 2 aliphatic rings. The highest BCUT2D eigenvalue weighted by atomic mass is 16.5. The van der Waals surface area contributed by atoms with Gasteiger partial charge in [0.2, 0.25) is 0 Å². The molecule has 0 aromatic carbocycles. The number of ether oxygens (including phenoxy) is 1. The summed E-state index contributed by atoms with van der Waals surface area (Å²) >= 11 is 0. The van der Waals surface area contributed by atoms with Gasteiger partial charge in [-0.25, -0.2) is 0 Å². The highest BCUT2D eigenvalue weighted by molar-refractivity contribution is 5.64. The Morgan fingerprint density at radius 2 is 2.00 bits per heavy atom. The van der Waals surface area contributed by atoms with Gasteiger partial charge in [-0.2, -0.15) is 4.98 Å². The maximum atomic E-state index is 5.46. The molecule has 4 rings (SSSR count). The maximum absolute atomic E-state index is 5.46. The Morgan fingerprint density at radius 1 is 1.25 bits per heavy atom. The molecule has 0 atom stereocenters. The third kappa shape index (κ3) is 2.79. The molecular weight excluding hydrogens is 304 g/mol. The van der Waals surface area contributed by atoms with Crippen LogP contribution in [0.1, 0.15) is 50.9 Å². The quantitative estimate of drug-likeness (QED) is 0.859. The minimum absolute atomic E-state index is 0.137. The summed E-state index contributed by atoms with van der Waals surface area (Å²) in [4.78, 5) is 11.5. The summed E-state index contributed by atoms with van der Waals surface area (Å²) in [6.45, 7) is 8.07. The van der Waals surface area contributed by atoms with Crippen LogP contribution in [0.4, 0.5) is 5.69 Å². The molecule has 3 heterocycles. The molecule has 1 saturated carbocycles. The Kier molecular flexibility index (Phi) is 3.60. The van der Waals surface area contributed by atoms with Crippen molar-refractivity contribution in [2.24, 2.45) is 0 Å². The first-order chi connectivity index (χ1) is 11.5. The number of anilines is 1. The highest BCUT2D eigenvalue weighted by Crippen LogP contribution is 2.45. The fraction of sp³-hybridized carbons (Fsp3) is 0.611. The molecule has 24 heavy (non-hydrogen) atoms. The molecule has 0 bridgehead atoms. The van der Waals surface area contributed by atoms with Crippen molar-refractivity contribution >= 4 is 5.69 Å². The van der Waals surface area contributed by atoms with E-state index in [9.17, 15) is 0 Å². The lowest BCUT2D eigenvalue weighted by Crippen LogP contribution is -2.52. The standard InChI is InChI=1S/C18H24N4O2/c1-18(2,3)17-20-16(24-21-17)14-7-15(22-9-12(10-22)23-4)13(8-19-14)11-5-6-11/h7-8,11-12H,5-6,9-10H2,1-4H3. The van der Waals surface area contributed by atoms with E-state index in [0.717, 1.165) is 18.8 Å². The first kappa shape index (κ1) is 15.6. The van der Waals surface area contributed by atoms with E-state index in [2.05, 4.69) is 46.9 Å². The van der Waals surface area contributed by atoms with Gasteiger partial charge in [-0.1, -0.05) is 25.9 Å². The molecule has 0 spiro atoms. The molecular formula is C18H24N4O2. The summed E-state index contributed by atoms with van der Waals surface area (Å²) in [6, 6.07) is 2.10. The Hall–Kier alpha value is -1.95. The van der Waals surface area contributed by atoms with Gasteiger partial charge in [-0.3, -0.25) is 4.98 Å². The molecule has 6 heteroatoms. The monoisotopic (exact) mass is 328 g/mol. The van der Waals surface area contributed by atoms with E-state index in [1.54, 1.807) is 7.11 Å². The lowest BCUT2D eigenvalue weighted by atomic mass is 9.96. The van der Waals surface area contributed by atoms with Gasteiger partial charge in [0.25, 0.3) is 5.89 Å². The van der Waals surface area contributed by atoms with E-state index >= 15 is 0 Å². The van der Waals surface area contributed by atoms with Crippen molar-refractivity contribution in [3.8, 4) is 11.6 Å². The summed E-state index contributed by atoms with van der Waals surface area (Å²) in [5, 5.41) is 4.11. The molecule has 0 N–H and O–H groups in total. The summed E-state index contributed by atoms with van der Waals surface area (Å²) < 4.78 is 10.9. The zero-order valence-electron chi connectivity index (χ0n) is 14.7. The van der Waals surface area contributed by atoms with Crippen molar-refractivity contribution in [1.82, 2.24) is 15.1 Å². The highest BCUT2D eigenvalue weighted by Gasteiger charge is 2.34. The SMILES string of the molecule is COC1CN(c2cc(-c3nc(C(C)(C)C)no3)ncc2C2CC2)C1. The van der Waals surface area contributed by atoms with E-state index in [0.29, 0.717) is 23.7 Å². The Labute approximate surface area is 142 Å². The Morgan fingerprint density at radius 3 is 2.58 bits per heavy atom. The number of rotatable bonds is 4. The van der Waals surface area contributed by atoms with E-state index in [1.165, 1.54) is 24.1 Å². The molecule has 0 unspecified atom stereocenters. The third-order valence-electron chi connectivity index (χ3n) is 4.77. The van der Waals surface area contributed by atoms with E-state index in [1.807, 2.05) is 6.20 Å². The van der Waals surface area contributed by atoms with Crippen LogP contribution in [-0.2, 0) is 10.2 Å². The molecule has 2 fully saturated rings. The molecule has 2 aromatic rings. The number of pyridine rings is 1. The Bertz CT molecular complexity index is 740. The van der Waals surface area contributed by atoms with E-state index < -0.39 is 0 Å². The van der Waals surface area contributed by atoms with Gasteiger partial charge in [0.05, 0.1) is 6.10 Å². The number of methoxy groups -OCH3 is 1. The van der Waals surface area contributed by atoms with Gasteiger partial charge in [-0.05, 0) is 30.4 Å². The fourth-order valence-corrected chi connectivity index (χ4v) is 2.97. The predicted octanol–water partition coefficient (Wildman–Crippen LogP) is 3.14. The summed E-state index contributed by atoms with van der Waals surface area (Å²) in [6.07, 6.45) is 4.82. The lowest BCUT2D eigenvalue weighted by Gasteiger charge is -2.41. The molecule has 0 amide bonds. The lowest BCUT2D eigenvalue weighted by molar-refractivity contribution is 0.0786. The van der Waals surface area contributed by atoms with Gasteiger partial charge in [0.1, 0.15) is 5.69 Å². The second-order valence-electron chi connectivity index (χ2n) is 7.84. The predicted molar refractivity (Wildman–Crippen MR) is 91.2 cm³/mol. The number of hydrogen-bond donors (Lipinski definition) is 0. The zero-order valence-corrected chi connectivity index (χ0v) is 14.7. The van der Waals surface area contributed by atoms with Crippen LogP contribution in [0.5, 0.6) is 0 Å². The van der Waals surface area contributed by atoms with Crippen LogP contribution < -0.4 is 4.90 Å². The van der Waals surface area contributed by atoms with Crippen molar-refractivity contribution in [2.75, 3.05) is 25.1 Å². The Balaban J connectivity index is 1.66. The van der Waals surface area contributed by atoms with Crippen LogP contribution in [0.15, 0.2) is 16.8 Å². The van der Waals surface area contributed by atoms with Crippen molar-refractivity contribution in [3.05, 3.63) is 23.7 Å². The molecule has 1 saturated heterocycles. The second-order valence-corrected chi connectivity index (χ2v) is 7.84. The number of nitrogens with zero attached hydrogens (tertiary/aromatic N) is 4. The first-order valence-electron chi connectivity index (χ1n) is 8.58. The van der Waals surface area contributed by atoms with Crippen molar-refractivity contribution in [2.45, 2.75) is 51.0 Å². The molecule has 6 nitrogen and oxygen atoms in total. The van der Waals surface area contributed by atoms with Crippen LogP contribution in [0.3, 0.4) is 0 Å².